The van der Waals surface area contributed by atoms with Crippen molar-refractivity contribution < 1.29 is 0 Å². The van der Waals surface area contributed by atoms with Gasteiger partial charge in [0.25, 0.3) is 0 Å². The largest absolute Gasteiger partial charge is 0.388 e. The van der Waals surface area contributed by atoms with Crippen molar-refractivity contribution in [1.29, 1.82) is 0 Å². The van der Waals surface area contributed by atoms with Gasteiger partial charge in [0, 0.05) is 12.1 Å². The van der Waals surface area contributed by atoms with E-state index >= 15 is 0 Å². The van der Waals surface area contributed by atoms with Gasteiger partial charge in [-0.25, -0.2) is 4.98 Å². The molecule has 0 radical (unpaired) electrons. The maximum atomic E-state index is 5.55. The monoisotopic (exact) mass is 252 g/mol. The van der Waals surface area contributed by atoms with Gasteiger partial charge in [0.1, 0.15) is 10.8 Å². The number of hydrogen-bond acceptors (Lipinski definition) is 4. The number of aromatic nitrogens is 1. The number of thiocarbonyl (C=S) groups is 1. The molecule has 1 aromatic rings. The van der Waals surface area contributed by atoms with Crippen LogP contribution in [-0.4, -0.2) is 41.1 Å². The summed E-state index contributed by atoms with van der Waals surface area (Å²) in [6.45, 7) is 5.13. The molecule has 0 atom stereocenters. The number of nitrogens with two attached hydrogens (primary N) is 1. The van der Waals surface area contributed by atoms with E-state index in [1.165, 1.54) is 0 Å². The van der Waals surface area contributed by atoms with Crippen LogP contribution in [0.15, 0.2) is 18.2 Å². The number of pyridine rings is 1. The van der Waals surface area contributed by atoms with Gasteiger partial charge in [-0.05, 0) is 40.1 Å². The number of hydrogen-bond donors (Lipinski definition) is 2. The molecule has 0 bridgehead atoms. The van der Waals surface area contributed by atoms with Crippen LogP contribution >= 0.6 is 12.2 Å². The minimum absolute atomic E-state index is 0.0565. The van der Waals surface area contributed by atoms with Gasteiger partial charge in [0.05, 0.1) is 5.69 Å². The molecule has 0 aromatic carbocycles. The topological polar surface area (TPSA) is 54.2 Å². The molecule has 0 spiro atoms. The minimum atomic E-state index is 0.0565. The van der Waals surface area contributed by atoms with E-state index in [9.17, 15) is 0 Å². The highest BCUT2D eigenvalue weighted by atomic mass is 32.1. The molecule has 0 aliphatic heterocycles. The lowest BCUT2D eigenvalue weighted by atomic mass is 10.0. The average Bonchev–Trinajstić information content (AvgIpc) is 2.26. The molecule has 1 aromatic heterocycles. The predicted octanol–water partition coefficient (Wildman–Crippen LogP) is 1.47. The van der Waals surface area contributed by atoms with Crippen LogP contribution in [0.5, 0.6) is 0 Å². The molecule has 0 saturated heterocycles. The fourth-order valence-corrected chi connectivity index (χ4v) is 1.25. The van der Waals surface area contributed by atoms with E-state index in [2.05, 4.69) is 43.1 Å². The van der Waals surface area contributed by atoms with Gasteiger partial charge in [-0.2, -0.15) is 0 Å². The molecule has 4 nitrogen and oxygen atoms in total. The maximum Gasteiger partial charge on any atom is 0.126 e. The van der Waals surface area contributed by atoms with Crippen molar-refractivity contribution in [2.45, 2.75) is 19.4 Å². The van der Waals surface area contributed by atoms with Gasteiger partial charge < -0.3 is 16.0 Å². The van der Waals surface area contributed by atoms with E-state index in [-0.39, 0.29) is 5.54 Å². The summed E-state index contributed by atoms with van der Waals surface area (Å²) in [5.74, 6) is 0.797. The summed E-state index contributed by atoms with van der Waals surface area (Å²) in [5.41, 5.74) is 6.25. The molecule has 1 rings (SSSR count). The number of nitrogens with one attached hydrogen (secondary N) is 1. The standard InChI is InChI=1S/C12H20N4S/c1-12(2,16(3)4)8-14-10-7-5-6-9(15-10)11(13)17/h5-7H,8H2,1-4H3,(H2,13,17)(H,14,15). The average molecular weight is 252 g/mol. The van der Waals surface area contributed by atoms with Crippen LogP contribution in [0.1, 0.15) is 19.5 Å². The Kier molecular flexibility index (Phi) is 4.42. The zero-order chi connectivity index (χ0) is 13.1. The third-order valence-electron chi connectivity index (χ3n) is 2.91. The van der Waals surface area contributed by atoms with Crippen molar-refractivity contribution in [3.05, 3.63) is 23.9 Å². The summed E-state index contributed by atoms with van der Waals surface area (Å²) < 4.78 is 0. The predicted molar refractivity (Wildman–Crippen MR) is 76.4 cm³/mol. The van der Waals surface area contributed by atoms with Gasteiger partial charge >= 0.3 is 0 Å². The second-order valence-electron chi connectivity index (χ2n) is 4.83. The summed E-state index contributed by atoms with van der Waals surface area (Å²) in [4.78, 5) is 6.82. The second kappa shape index (κ2) is 5.42. The SMILES string of the molecule is CN(C)C(C)(C)CNc1cccc(C(N)=S)n1. The lowest BCUT2D eigenvalue weighted by molar-refractivity contribution is 0.210. The fourth-order valence-electron chi connectivity index (χ4n) is 1.14. The van der Waals surface area contributed by atoms with E-state index in [0.29, 0.717) is 10.7 Å². The van der Waals surface area contributed by atoms with Crippen LogP contribution in [0.2, 0.25) is 0 Å². The third-order valence-corrected chi connectivity index (χ3v) is 3.12. The quantitative estimate of drug-likeness (QED) is 0.777. The summed E-state index contributed by atoms with van der Waals surface area (Å²) in [7, 11) is 4.11. The summed E-state index contributed by atoms with van der Waals surface area (Å²) in [6, 6.07) is 5.62. The number of likely N-dealkylation sites (N-methyl/N-ethyl adjacent to an activating group) is 1. The molecule has 5 heteroatoms. The van der Waals surface area contributed by atoms with Gasteiger partial charge in [-0.3, -0.25) is 0 Å². The Balaban J connectivity index is 2.70. The van der Waals surface area contributed by atoms with Crippen LogP contribution in [0.3, 0.4) is 0 Å². The highest BCUT2D eigenvalue weighted by molar-refractivity contribution is 7.80. The number of nitrogens with zero attached hydrogens (tertiary/aromatic N) is 2. The Hall–Kier alpha value is -1.20. The lowest BCUT2D eigenvalue weighted by Gasteiger charge is -2.32. The Morgan fingerprint density at radius 3 is 2.65 bits per heavy atom. The normalized spacial score (nSPS) is 11.6. The first kappa shape index (κ1) is 13.9. The summed E-state index contributed by atoms with van der Waals surface area (Å²) in [5, 5.41) is 3.29. The van der Waals surface area contributed by atoms with Crippen LogP contribution in [0.25, 0.3) is 0 Å². The number of anilines is 1. The first-order valence-electron chi connectivity index (χ1n) is 5.51. The molecule has 0 fully saturated rings. The lowest BCUT2D eigenvalue weighted by Crippen LogP contribution is -2.44. The molecule has 17 heavy (non-hydrogen) atoms. The smallest absolute Gasteiger partial charge is 0.126 e. The molecular weight excluding hydrogens is 232 g/mol. The molecule has 0 saturated carbocycles. The Morgan fingerprint density at radius 1 is 1.47 bits per heavy atom. The van der Waals surface area contributed by atoms with Gasteiger partial charge in [0.15, 0.2) is 0 Å². The summed E-state index contributed by atoms with van der Waals surface area (Å²) in [6.07, 6.45) is 0. The van der Waals surface area contributed by atoms with Gasteiger partial charge in [0.2, 0.25) is 0 Å². The summed E-state index contributed by atoms with van der Waals surface area (Å²) >= 11 is 4.90. The molecule has 0 aliphatic rings. The highest BCUT2D eigenvalue weighted by Crippen LogP contribution is 2.12. The zero-order valence-electron chi connectivity index (χ0n) is 10.8. The Labute approximate surface area is 108 Å². The van der Waals surface area contributed by atoms with Crippen molar-refractivity contribution in [3.8, 4) is 0 Å². The van der Waals surface area contributed by atoms with E-state index in [1.54, 1.807) is 0 Å². The van der Waals surface area contributed by atoms with E-state index in [4.69, 9.17) is 18.0 Å². The Bertz CT molecular complexity index is 401. The van der Waals surface area contributed by atoms with Crippen LogP contribution in [0.4, 0.5) is 5.82 Å². The third kappa shape index (κ3) is 3.94. The van der Waals surface area contributed by atoms with E-state index in [1.807, 2.05) is 18.2 Å². The first-order chi connectivity index (χ1) is 7.83. The molecule has 0 unspecified atom stereocenters. The van der Waals surface area contributed by atoms with Crippen LogP contribution < -0.4 is 11.1 Å². The molecule has 0 aliphatic carbocycles. The molecule has 94 valence electrons. The van der Waals surface area contributed by atoms with Crippen molar-refractivity contribution >= 4 is 23.0 Å². The maximum absolute atomic E-state index is 5.55. The van der Waals surface area contributed by atoms with Crippen molar-refractivity contribution in [3.63, 3.8) is 0 Å². The minimum Gasteiger partial charge on any atom is -0.388 e. The fraction of sp³-hybridized carbons (Fsp3) is 0.500. The van der Waals surface area contributed by atoms with E-state index in [0.717, 1.165) is 12.4 Å². The van der Waals surface area contributed by atoms with Gasteiger partial charge in [-0.15, -0.1) is 0 Å². The second-order valence-corrected chi connectivity index (χ2v) is 5.27. The van der Waals surface area contributed by atoms with Gasteiger partial charge in [-0.1, -0.05) is 18.3 Å². The molecule has 0 amide bonds. The molecule has 1 heterocycles. The van der Waals surface area contributed by atoms with Crippen LogP contribution in [0, 0.1) is 0 Å². The molecule has 3 N–H and O–H groups in total. The first-order valence-corrected chi connectivity index (χ1v) is 5.92. The van der Waals surface area contributed by atoms with Crippen molar-refractivity contribution in [2.24, 2.45) is 5.73 Å². The number of rotatable bonds is 5. The molecular formula is C12H20N4S. The van der Waals surface area contributed by atoms with Crippen molar-refractivity contribution in [2.75, 3.05) is 26.0 Å². The van der Waals surface area contributed by atoms with E-state index < -0.39 is 0 Å². The Morgan fingerprint density at radius 2 is 2.12 bits per heavy atom. The highest BCUT2D eigenvalue weighted by Gasteiger charge is 2.19. The van der Waals surface area contributed by atoms with Crippen LogP contribution in [-0.2, 0) is 0 Å². The van der Waals surface area contributed by atoms with Crippen molar-refractivity contribution in [1.82, 2.24) is 9.88 Å². The zero-order valence-corrected chi connectivity index (χ0v) is 11.6.